The summed E-state index contributed by atoms with van der Waals surface area (Å²) in [7, 11) is 0. The van der Waals surface area contributed by atoms with E-state index >= 15 is 0 Å². The first-order valence-corrected chi connectivity index (χ1v) is 7.48. The molecule has 0 spiro atoms. The molecule has 1 atom stereocenters. The van der Waals surface area contributed by atoms with Crippen molar-refractivity contribution in [2.45, 2.75) is 32.6 Å². The third-order valence-corrected chi connectivity index (χ3v) is 4.37. The number of carbonyl (C=O) groups is 1. The van der Waals surface area contributed by atoms with Gasteiger partial charge in [-0.2, -0.15) is 0 Å². The Labute approximate surface area is 115 Å². The topological polar surface area (TPSA) is 64.6 Å². The van der Waals surface area contributed by atoms with E-state index in [1.54, 1.807) is 0 Å². The van der Waals surface area contributed by atoms with Gasteiger partial charge in [0.15, 0.2) is 0 Å². The number of aliphatic hydroxyl groups excluding tert-OH is 1. The Hall–Kier alpha value is -0.810. The van der Waals surface area contributed by atoms with Gasteiger partial charge in [-0.3, -0.25) is 0 Å². The third kappa shape index (κ3) is 4.66. The molecule has 19 heavy (non-hydrogen) atoms. The van der Waals surface area contributed by atoms with Crippen LogP contribution >= 0.6 is 0 Å². The predicted molar refractivity (Wildman–Crippen MR) is 75.0 cm³/mol. The number of rotatable bonds is 6. The fraction of sp³-hybridized carbons (Fsp3) is 0.929. The van der Waals surface area contributed by atoms with E-state index in [1.165, 1.54) is 12.8 Å². The van der Waals surface area contributed by atoms with Crippen LogP contribution in [0.1, 0.15) is 32.6 Å². The Morgan fingerprint density at radius 3 is 2.84 bits per heavy atom. The van der Waals surface area contributed by atoms with Crippen LogP contribution in [0.25, 0.3) is 0 Å². The van der Waals surface area contributed by atoms with Gasteiger partial charge in [0.05, 0.1) is 6.61 Å². The summed E-state index contributed by atoms with van der Waals surface area (Å²) in [5.41, 5.74) is -0.0142. The van der Waals surface area contributed by atoms with Crippen LogP contribution in [0.5, 0.6) is 0 Å². The van der Waals surface area contributed by atoms with Crippen LogP contribution in [-0.4, -0.2) is 55.4 Å². The van der Waals surface area contributed by atoms with Gasteiger partial charge in [-0.1, -0.05) is 6.92 Å². The lowest BCUT2D eigenvalue weighted by Crippen LogP contribution is -2.44. The van der Waals surface area contributed by atoms with Crippen molar-refractivity contribution in [2.75, 3.05) is 39.3 Å². The summed E-state index contributed by atoms with van der Waals surface area (Å²) in [5.74, 6) is 0.779. The molecule has 1 aliphatic carbocycles. The van der Waals surface area contributed by atoms with Crippen LogP contribution in [0.3, 0.4) is 0 Å². The van der Waals surface area contributed by atoms with Crippen LogP contribution in [0, 0.1) is 11.3 Å². The maximum atomic E-state index is 11.6. The lowest BCUT2D eigenvalue weighted by atomic mass is 10.0. The van der Waals surface area contributed by atoms with E-state index in [2.05, 4.69) is 22.5 Å². The Morgan fingerprint density at radius 1 is 1.42 bits per heavy atom. The van der Waals surface area contributed by atoms with Crippen molar-refractivity contribution in [3.05, 3.63) is 0 Å². The van der Waals surface area contributed by atoms with E-state index in [0.29, 0.717) is 13.1 Å². The summed E-state index contributed by atoms with van der Waals surface area (Å²) >= 11 is 0. The van der Waals surface area contributed by atoms with Gasteiger partial charge >= 0.3 is 6.03 Å². The van der Waals surface area contributed by atoms with E-state index in [-0.39, 0.29) is 18.1 Å². The monoisotopic (exact) mass is 269 g/mol. The number of nitrogens with zero attached hydrogens (tertiary/aromatic N) is 1. The molecule has 1 unspecified atom stereocenters. The van der Waals surface area contributed by atoms with Crippen molar-refractivity contribution < 1.29 is 9.90 Å². The molecule has 0 aromatic carbocycles. The highest BCUT2D eigenvalue weighted by Crippen LogP contribution is 2.44. The number of hydrogen-bond donors (Lipinski definition) is 3. The predicted octanol–water partition coefficient (Wildman–Crippen LogP) is 0.790. The zero-order valence-corrected chi connectivity index (χ0v) is 12.0. The number of amides is 2. The van der Waals surface area contributed by atoms with Gasteiger partial charge in [-0.25, -0.2) is 4.79 Å². The zero-order chi connectivity index (χ0) is 13.7. The molecule has 0 aromatic heterocycles. The summed E-state index contributed by atoms with van der Waals surface area (Å²) in [6, 6.07) is -0.107. The standard InChI is InChI=1S/C14H27N3O2/c1-12-3-2-7-17(9-12)8-6-15-13(19)16-10-14(11-18)4-5-14/h12,18H,2-11H2,1H3,(H2,15,16,19). The lowest BCUT2D eigenvalue weighted by molar-refractivity contribution is 0.182. The summed E-state index contributed by atoms with van der Waals surface area (Å²) in [5, 5.41) is 14.9. The number of nitrogens with one attached hydrogen (secondary N) is 2. The molecule has 110 valence electrons. The van der Waals surface area contributed by atoms with Gasteiger partial charge in [0.25, 0.3) is 0 Å². The summed E-state index contributed by atoms with van der Waals surface area (Å²) < 4.78 is 0. The highest BCUT2D eigenvalue weighted by atomic mass is 16.3. The van der Waals surface area contributed by atoms with Crippen LogP contribution in [0.2, 0.25) is 0 Å². The molecule has 3 N–H and O–H groups in total. The third-order valence-electron chi connectivity index (χ3n) is 4.37. The minimum absolute atomic E-state index is 0.0142. The second kappa shape index (κ2) is 6.57. The van der Waals surface area contributed by atoms with Crippen LogP contribution in [0.4, 0.5) is 4.79 Å². The quantitative estimate of drug-likeness (QED) is 0.668. The van der Waals surface area contributed by atoms with Crippen molar-refractivity contribution >= 4 is 6.03 Å². The molecule has 2 amide bonds. The number of aliphatic hydroxyl groups is 1. The molecule has 2 fully saturated rings. The highest BCUT2D eigenvalue weighted by molar-refractivity contribution is 5.73. The van der Waals surface area contributed by atoms with Crippen LogP contribution in [0.15, 0.2) is 0 Å². The molecule has 1 saturated heterocycles. The molecule has 2 rings (SSSR count). The molecule has 0 aromatic rings. The molecule has 5 heteroatoms. The molecule has 5 nitrogen and oxygen atoms in total. The Morgan fingerprint density at radius 2 is 2.21 bits per heavy atom. The van der Waals surface area contributed by atoms with Gasteiger partial charge in [0, 0.05) is 31.6 Å². The number of piperidine rings is 1. The van der Waals surface area contributed by atoms with E-state index < -0.39 is 0 Å². The number of carbonyl (C=O) groups excluding carboxylic acids is 1. The van der Waals surface area contributed by atoms with Gasteiger partial charge in [0.2, 0.25) is 0 Å². The number of likely N-dealkylation sites (tertiary alicyclic amines) is 1. The van der Waals surface area contributed by atoms with Crippen molar-refractivity contribution in [3.8, 4) is 0 Å². The second-order valence-electron chi connectivity index (χ2n) is 6.32. The van der Waals surface area contributed by atoms with E-state index in [9.17, 15) is 4.79 Å². The van der Waals surface area contributed by atoms with Crippen molar-refractivity contribution in [1.29, 1.82) is 0 Å². The summed E-state index contributed by atoms with van der Waals surface area (Å²) in [6.07, 6.45) is 4.64. The first kappa shape index (κ1) is 14.6. The average Bonchev–Trinajstić information content (AvgIpc) is 3.17. The SMILES string of the molecule is CC1CCCN(CCNC(=O)NCC2(CO)CC2)C1. The molecule has 0 radical (unpaired) electrons. The van der Waals surface area contributed by atoms with Crippen LogP contribution < -0.4 is 10.6 Å². The summed E-state index contributed by atoms with van der Waals surface area (Å²) in [6.45, 7) is 7.00. The molecular formula is C14H27N3O2. The van der Waals surface area contributed by atoms with E-state index in [4.69, 9.17) is 5.11 Å². The zero-order valence-electron chi connectivity index (χ0n) is 12.0. The van der Waals surface area contributed by atoms with Gasteiger partial charge in [-0.15, -0.1) is 0 Å². The Bertz CT molecular complexity index is 305. The molecule has 1 saturated carbocycles. The first-order valence-electron chi connectivity index (χ1n) is 7.48. The molecule has 2 aliphatic rings. The smallest absolute Gasteiger partial charge is 0.314 e. The maximum absolute atomic E-state index is 11.6. The Kier molecular flexibility index (Phi) is 5.05. The number of hydrogen-bond acceptors (Lipinski definition) is 3. The van der Waals surface area contributed by atoms with E-state index in [0.717, 1.165) is 38.4 Å². The lowest BCUT2D eigenvalue weighted by Gasteiger charge is -2.30. The first-order chi connectivity index (χ1) is 9.13. The van der Waals surface area contributed by atoms with Crippen molar-refractivity contribution in [3.63, 3.8) is 0 Å². The van der Waals surface area contributed by atoms with Gasteiger partial charge in [0.1, 0.15) is 0 Å². The average molecular weight is 269 g/mol. The van der Waals surface area contributed by atoms with Crippen molar-refractivity contribution in [2.24, 2.45) is 11.3 Å². The number of urea groups is 1. The maximum Gasteiger partial charge on any atom is 0.314 e. The van der Waals surface area contributed by atoms with E-state index in [1.807, 2.05) is 0 Å². The fourth-order valence-corrected chi connectivity index (χ4v) is 2.72. The second-order valence-corrected chi connectivity index (χ2v) is 6.32. The molecule has 1 aliphatic heterocycles. The largest absolute Gasteiger partial charge is 0.396 e. The molecule has 0 bridgehead atoms. The minimum atomic E-state index is -0.107. The van der Waals surface area contributed by atoms with Gasteiger partial charge < -0.3 is 20.6 Å². The van der Waals surface area contributed by atoms with Crippen LogP contribution in [-0.2, 0) is 0 Å². The molecule has 1 heterocycles. The minimum Gasteiger partial charge on any atom is -0.396 e. The molecular weight excluding hydrogens is 242 g/mol. The highest BCUT2D eigenvalue weighted by Gasteiger charge is 2.42. The summed E-state index contributed by atoms with van der Waals surface area (Å²) in [4.78, 5) is 14.0. The normalized spacial score (nSPS) is 25.9. The fourth-order valence-electron chi connectivity index (χ4n) is 2.72. The Balaban J connectivity index is 1.54. The van der Waals surface area contributed by atoms with Crippen molar-refractivity contribution in [1.82, 2.24) is 15.5 Å². The van der Waals surface area contributed by atoms with Gasteiger partial charge in [-0.05, 0) is 38.1 Å².